The molecule has 1 atom stereocenters. The van der Waals surface area contributed by atoms with Gasteiger partial charge in [0.1, 0.15) is 10.3 Å². The van der Waals surface area contributed by atoms with Crippen LogP contribution >= 0.6 is 11.8 Å². The zero-order valence-corrected chi connectivity index (χ0v) is 15.4. The molecule has 128 valence electrons. The summed E-state index contributed by atoms with van der Waals surface area (Å²) in [4.78, 5) is 26.2. The van der Waals surface area contributed by atoms with Crippen LogP contribution < -0.4 is 0 Å². The van der Waals surface area contributed by atoms with E-state index in [4.69, 9.17) is 9.47 Å². The van der Waals surface area contributed by atoms with E-state index in [1.165, 1.54) is 11.8 Å². The highest BCUT2D eigenvalue weighted by Gasteiger charge is 2.38. The van der Waals surface area contributed by atoms with Crippen molar-refractivity contribution in [3.8, 4) is 0 Å². The number of carbonyl (C=O) groups excluding carboxylic acids is 2. The van der Waals surface area contributed by atoms with E-state index in [1.807, 2.05) is 34.6 Å². The molecule has 0 spiro atoms. The molecule has 1 aliphatic heterocycles. The lowest BCUT2D eigenvalue weighted by Crippen LogP contribution is -2.47. The Balaban J connectivity index is 2.77. The molecular formula is C16H29NO4S. The Morgan fingerprint density at radius 2 is 1.82 bits per heavy atom. The lowest BCUT2D eigenvalue weighted by Gasteiger charge is -2.39. The summed E-state index contributed by atoms with van der Waals surface area (Å²) >= 11 is 1.48. The second-order valence-electron chi connectivity index (χ2n) is 6.97. The van der Waals surface area contributed by atoms with Gasteiger partial charge in [-0.15, -0.1) is 11.8 Å². The van der Waals surface area contributed by atoms with Crippen LogP contribution in [0.25, 0.3) is 0 Å². The van der Waals surface area contributed by atoms with Gasteiger partial charge in [-0.1, -0.05) is 0 Å². The Morgan fingerprint density at radius 3 is 2.36 bits per heavy atom. The SMILES string of the molecule is CCOC(=O)C(C)(C)SC1CCCCN1C(=O)OC(C)(C)C. The average molecular weight is 331 g/mol. The van der Waals surface area contributed by atoms with E-state index < -0.39 is 10.3 Å². The van der Waals surface area contributed by atoms with E-state index in [9.17, 15) is 9.59 Å². The van der Waals surface area contributed by atoms with Crippen molar-refractivity contribution in [2.75, 3.05) is 13.2 Å². The van der Waals surface area contributed by atoms with Crippen molar-refractivity contribution in [2.24, 2.45) is 0 Å². The Hall–Kier alpha value is -0.910. The van der Waals surface area contributed by atoms with Gasteiger partial charge < -0.3 is 9.47 Å². The molecule has 6 heteroatoms. The third-order valence-corrected chi connectivity index (χ3v) is 4.79. The van der Waals surface area contributed by atoms with Crippen molar-refractivity contribution in [1.29, 1.82) is 0 Å². The lowest BCUT2D eigenvalue weighted by molar-refractivity contribution is -0.145. The molecule has 1 saturated heterocycles. The number of hydrogen-bond donors (Lipinski definition) is 0. The van der Waals surface area contributed by atoms with Crippen molar-refractivity contribution in [3.05, 3.63) is 0 Å². The third kappa shape index (κ3) is 5.71. The van der Waals surface area contributed by atoms with Crippen LogP contribution in [0.3, 0.4) is 0 Å². The lowest BCUT2D eigenvalue weighted by atomic mass is 10.1. The fraction of sp³-hybridized carbons (Fsp3) is 0.875. The minimum absolute atomic E-state index is 0.0528. The normalized spacial score (nSPS) is 19.7. The maximum Gasteiger partial charge on any atom is 0.411 e. The number of amides is 1. The number of piperidine rings is 1. The van der Waals surface area contributed by atoms with Gasteiger partial charge in [0.15, 0.2) is 0 Å². The maximum atomic E-state index is 12.4. The molecule has 0 saturated carbocycles. The predicted octanol–water partition coefficient (Wildman–Crippen LogP) is 3.81. The summed E-state index contributed by atoms with van der Waals surface area (Å²) in [6.45, 7) is 12.1. The monoisotopic (exact) mass is 331 g/mol. The standard InChI is InChI=1S/C16H29NO4S/c1-7-20-13(18)16(5,6)22-12-10-8-9-11-17(12)14(19)21-15(2,3)4/h12H,7-11H2,1-6H3. The number of hydrogen-bond acceptors (Lipinski definition) is 5. The maximum absolute atomic E-state index is 12.4. The molecule has 0 aromatic heterocycles. The van der Waals surface area contributed by atoms with E-state index in [-0.39, 0.29) is 17.4 Å². The van der Waals surface area contributed by atoms with Crippen LogP contribution in [-0.4, -0.2) is 45.8 Å². The summed E-state index contributed by atoms with van der Waals surface area (Å²) in [5.74, 6) is -0.241. The summed E-state index contributed by atoms with van der Waals surface area (Å²) in [6.07, 6.45) is 2.59. The Kier molecular flexibility index (Phi) is 6.59. The van der Waals surface area contributed by atoms with E-state index in [0.717, 1.165) is 19.3 Å². The third-order valence-electron chi connectivity index (χ3n) is 3.27. The molecule has 5 nitrogen and oxygen atoms in total. The van der Waals surface area contributed by atoms with Gasteiger partial charge in [0.25, 0.3) is 0 Å². The van der Waals surface area contributed by atoms with Crippen LogP contribution in [0, 0.1) is 0 Å². The highest BCUT2D eigenvalue weighted by molar-refractivity contribution is 8.01. The number of esters is 1. The Labute approximate surface area is 138 Å². The number of rotatable bonds is 4. The first kappa shape index (κ1) is 19.1. The van der Waals surface area contributed by atoms with E-state index in [0.29, 0.717) is 13.2 Å². The molecule has 1 unspecified atom stereocenters. The van der Waals surface area contributed by atoms with Crippen molar-refractivity contribution < 1.29 is 19.1 Å². The van der Waals surface area contributed by atoms with Crippen LogP contribution in [0.5, 0.6) is 0 Å². The number of carbonyl (C=O) groups is 2. The number of ether oxygens (including phenoxy) is 2. The molecule has 0 aromatic carbocycles. The smallest absolute Gasteiger partial charge is 0.411 e. The van der Waals surface area contributed by atoms with Crippen molar-refractivity contribution in [2.45, 2.75) is 76.5 Å². The number of thioether (sulfide) groups is 1. The fourth-order valence-corrected chi connectivity index (χ4v) is 3.68. The molecule has 1 aliphatic rings. The molecule has 0 aromatic rings. The molecule has 1 amide bonds. The molecular weight excluding hydrogens is 302 g/mol. The van der Waals surface area contributed by atoms with Gasteiger partial charge in [-0.05, 0) is 60.8 Å². The first-order valence-electron chi connectivity index (χ1n) is 7.91. The quantitative estimate of drug-likeness (QED) is 0.733. The average Bonchev–Trinajstić information content (AvgIpc) is 2.37. The van der Waals surface area contributed by atoms with Gasteiger partial charge in [0.05, 0.1) is 12.0 Å². The number of likely N-dealkylation sites (tertiary alicyclic amines) is 1. The van der Waals surface area contributed by atoms with E-state index in [1.54, 1.807) is 11.8 Å². The van der Waals surface area contributed by atoms with Crippen LogP contribution in [0.15, 0.2) is 0 Å². The fourth-order valence-electron chi connectivity index (χ4n) is 2.25. The van der Waals surface area contributed by atoms with Crippen LogP contribution in [0.2, 0.25) is 0 Å². The van der Waals surface area contributed by atoms with E-state index >= 15 is 0 Å². The van der Waals surface area contributed by atoms with Gasteiger partial charge in [0.2, 0.25) is 0 Å². The molecule has 1 heterocycles. The first-order chi connectivity index (χ1) is 10.1. The summed E-state index contributed by atoms with van der Waals surface area (Å²) in [6, 6.07) is 0. The first-order valence-corrected chi connectivity index (χ1v) is 8.79. The second kappa shape index (κ2) is 7.57. The van der Waals surface area contributed by atoms with Gasteiger partial charge in [-0.3, -0.25) is 9.69 Å². The molecule has 1 rings (SSSR count). The molecule has 0 radical (unpaired) electrons. The van der Waals surface area contributed by atoms with Gasteiger partial charge in [-0.25, -0.2) is 4.79 Å². The Bertz CT molecular complexity index is 403. The molecule has 1 fully saturated rings. The van der Waals surface area contributed by atoms with Gasteiger partial charge >= 0.3 is 12.1 Å². The van der Waals surface area contributed by atoms with Gasteiger partial charge in [-0.2, -0.15) is 0 Å². The molecule has 0 N–H and O–H groups in total. The zero-order valence-electron chi connectivity index (χ0n) is 14.6. The summed E-state index contributed by atoms with van der Waals surface area (Å²) < 4.78 is 9.94. The summed E-state index contributed by atoms with van der Waals surface area (Å²) in [5.41, 5.74) is -0.513. The zero-order chi connectivity index (χ0) is 17.0. The largest absolute Gasteiger partial charge is 0.465 e. The van der Waals surface area contributed by atoms with Crippen molar-refractivity contribution >= 4 is 23.8 Å². The summed E-state index contributed by atoms with van der Waals surface area (Å²) in [7, 11) is 0. The topological polar surface area (TPSA) is 55.8 Å². The van der Waals surface area contributed by atoms with E-state index in [2.05, 4.69) is 0 Å². The van der Waals surface area contributed by atoms with Crippen molar-refractivity contribution in [3.63, 3.8) is 0 Å². The summed E-state index contributed by atoms with van der Waals surface area (Å²) in [5, 5.41) is -0.0528. The van der Waals surface area contributed by atoms with Gasteiger partial charge in [0, 0.05) is 6.54 Å². The minimum Gasteiger partial charge on any atom is -0.465 e. The van der Waals surface area contributed by atoms with Crippen LogP contribution in [-0.2, 0) is 14.3 Å². The molecule has 0 aliphatic carbocycles. The molecule has 0 bridgehead atoms. The van der Waals surface area contributed by atoms with Crippen LogP contribution in [0.4, 0.5) is 4.79 Å². The van der Waals surface area contributed by atoms with Crippen molar-refractivity contribution in [1.82, 2.24) is 4.90 Å². The minimum atomic E-state index is -0.682. The highest BCUT2D eigenvalue weighted by Crippen LogP contribution is 2.37. The number of nitrogens with zero attached hydrogens (tertiary/aromatic N) is 1. The predicted molar refractivity (Wildman–Crippen MR) is 88.9 cm³/mol. The van der Waals surface area contributed by atoms with Crippen LogP contribution in [0.1, 0.15) is 60.8 Å². The Morgan fingerprint density at radius 1 is 1.18 bits per heavy atom. The molecule has 22 heavy (non-hydrogen) atoms. The highest BCUT2D eigenvalue weighted by atomic mass is 32.2. The second-order valence-corrected chi connectivity index (χ2v) is 8.77.